The van der Waals surface area contributed by atoms with Gasteiger partial charge in [0.05, 0.1) is 29.5 Å². The first-order valence-electron chi connectivity index (χ1n) is 9.66. The lowest BCUT2D eigenvalue weighted by molar-refractivity contribution is 0.125. The van der Waals surface area contributed by atoms with Gasteiger partial charge in [-0.1, -0.05) is 5.16 Å². The van der Waals surface area contributed by atoms with Gasteiger partial charge < -0.3 is 9.42 Å². The normalized spacial score (nSPS) is 15.5. The Hall–Kier alpha value is -2.81. The molecule has 7 nitrogen and oxygen atoms in total. The van der Waals surface area contributed by atoms with E-state index in [1.54, 1.807) is 6.07 Å². The maximum Gasteiger partial charge on any atom is 0.261 e. The van der Waals surface area contributed by atoms with Crippen LogP contribution in [0, 0.1) is 6.92 Å². The number of hydrogen-bond acceptors (Lipinski definition) is 6. The van der Waals surface area contributed by atoms with Gasteiger partial charge in [0.2, 0.25) is 0 Å². The average molecular weight is 403 g/mol. The van der Waals surface area contributed by atoms with Crippen LogP contribution in [0.15, 0.2) is 39.9 Å². The first-order chi connectivity index (χ1) is 14.0. The van der Waals surface area contributed by atoms with Gasteiger partial charge in [-0.2, -0.15) is 0 Å². The lowest BCUT2D eigenvalue weighted by atomic mass is 10.2. The van der Waals surface area contributed by atoms with Crippen LogP contribution in [-0.4, -0.2) is 58.8 Å². The predicted octanol–water partition coefficient (Wildman–Crippen LogP) is 2.32. The topological polar surface area (TPSA) is 67.4 Å². The molecule has 9 heteroatoms. The Bertz CT molecular complexity index is 1040. The number of piperazine rings is 1. The number of anilines is 1. The van der Waals surface area contributed by atoms with Crippen molar-refractivity contribution in [1.82, 2.24) is 19.6 Å². The molecule has 1 aliphatic rings. The van der Waals surface area contributed by atoms with Crippen LogP contribution in [-0.2, 0) is 13.0 Å². The maximum absolute atomic E-state index is 12.6. The summed E-state index contributed by atoms with van der Waals surface area (Å²) in [4.78, 5) is 21.2. The molecule has 0 radical (unpaired) electrons. The van der Waals surface area contributed by atoms with E-state index in [1.165, 1.54) is 6.33 Å². The minimum Gasteiger partial charge on any atom is -0.369 e. The van der Waals surface area contributed by atoms with E-state index in [2.05, 4.69) is 19.9 Å². The van der Waals surface area contributed by atoms with Gasteiger partial charge in [0.1, 0.15) is 5.76 Å². The molecule has 0 saturated carbocycles. The molecule has 0 aliphatic carbocycles. The van der Waals surface area contributed by atoms with Crippen LogP contribution in [0.5, 0.6) is 0 Å². The molecule has 29 heavy (non-hydrogen) atoms. The number of fused-ring (bicyclic) bond motifs is 1. The van der Waals surface area contributed by atoms with Crippen molar-refractivity contribution in [2.24, 2.45) is 0 Å². The Balaban J connectivity index is 1.39. The standard InChI is InChI=1S/C20H23F2N5O2/c1-14-10-16(29-24-14)4-5-25-6-8-26(9-7-25)15-2-3-17-18(11-15)23-13-27(20(17)28)12-19(21)22/h2-3,10-11,13,19H,4-9,12H2,1H3. The second kappa shape index (κ2) is 8.28. The molecule has 3 aromatic rings. The van der Waals surface area contributed by atoms with Crippen molar-refractivity contribution < 1.29 is 13.3 Å². The van der Waals surface area contributed by atoms with Gasteiger partial charge in [-0.25, -0.2) is 13.8 Å². The molecular formula is C20H23F2N5O2. The van der Waals surface area contributed by atoms with E-state index in [-0.39, 0.29) is 0 Å². The van der Waals surface area contributed by atoms with E-state index >= 15 is 0 Å². The highest BCUT2D eigenvalue weighted by molar-refractivity contribution is 5.81. The van der Waals surface area contributed by atoms with Gasteiger partial charge in [-0.05, 0) is 25.1 Å². The summed E-state index contributed by atoms with van der Waals surface area (Å²) in [5.74, 6) is 0.906. The van der Waals surface area contributed by atoms with Crippen LogP contribution in [0.2, 0.25) is 0 Å². The molecule has 154 valence electrons. The second-order valence-electron chi connectivity index (χ2n) is 7.31. The van der Waals surface area contributed by atoms with Gasteiger partial charge >= 0.3 is 0 Å². The van der Waals surface area contributed by atoms with E-state index < -0.39 is 18.5 Å². The van der Waals surface area contributed by atoms with Crippen molar-refractivity contribution in [2.45, 2.75) is 26.3 Å². The van der Waals surface area contributed by atoms with Crippen LogP contribution in [0.4, 0.5) is 14.5 Å². The molecule has 2 aromatic heterocycles. The van der Waals surface area contributed by atoms with Crippen molar-refractivity contribution in [1.29, 1.82) is 0 Å². The molecule has 0 amide bonds. The largest absolute Gasteiger partial charge is 0.369 e. The van der Waals surface area contributed by atoms with Crippen molar-refractivity contribution in [3.63, 3.8) is 0 Å². The zero-order valence-corrected chi connectivity index (χ0v) is 16.2. The number of aryl methyl sites for hydroxylation is 1. The van der Waals surface area contributed by atoms with E-state index in [9.17, 15) is 13.6 Å². The fraction of sp³-hybridized carbons (Fsp3) is 0.450. The van der Waals surface area contributed by atoms with Crippen LogP contribution in [0.3, 0.4) is 0 Å². The van der Waals surface area contributed by atoms with Crippen LogP contribution in [0.25, 0.3) is 10.9 Å². The second-order valence-corrected chi connectivity index (χ2v) is 7.31. The number of nitrogens with zero attached hydrogens (tertiary/aromatic N) is 5. The SMILES string of the molecule is Cc1cc(CCN2CCN(c3ccc4c(=O)n(CC(F)F)cnc4c3)CC2)on1. The van der Waals surface area contributed by atoms with Crippen molar-refractivity contribution >= 4 is 16.6 Å². The maximum atomic E-state index is 12.6. The molecule has 1 aromatic carbocycles. The molecule has 1 saturated heterocycles. The summed E-state index contributed by atoms with van der Waals surface area (Å²) in [6.07, 6.45) is -0.550. The zero-order chi connectivity index (χ0) is 20.4. The fourth-order valence-electron chi connectivity index (χ4n) is 3.65. The highest BCUT2D eigenvalue weighted by Crippen LogP contribution is 2.20. The lowest BCUT2D eigenvalue weighted by Gasteiger charge is -2.36. The van der Waals surface area contributed by atoms with Crippen molar-refractivity contribution in [3.05, 3.63) is 52.4 Å². The smallest absolute Gasteiger partial charge is 0.261 e. The van der Waals surface area contributed by atoms with Gasteiger partial charge in [-0.15, -0.1) is 0 Å². The molecule has 0 unspecified atom stereocenters. The Labute approximate surface area is 166 Å². The third-order valence-corrected chi connectivity index (χ3v) is 5.23. The average Bonchev–Trinajstić information content (AvgIpc) is 3.14. The third kappa shape index (κ3) is 4.45. The fourth-order valence-corrected chi connectivity index (χ4v) is 3.65. The third-order valence-electron chi connectivity index (χ3n) is 5.23. The molecule has 4 rings (SSSR count). The van der Waals surface area contributed by atoms with Gasteiger partial charge in [0, 0.05) is 50.9 Å². The van der Waals surface area contributed by atoms with Crippen molar-refractivity contribution in [3.8, 4) is 0 Å². The summed E-state index contributed by atoms with van der Waals surface area (Å²) in [5.41, 5.74) is 1.98. The molecule has 0 atom stereocenters. The van der Waals surface area contributed by atoms with E-state index in [0.29, 0.717) is 10.9 Å². The first-order valence-corrected chi connectivity index (χ1v) is 9.66. The number of aromatic nitrogens is 3. The Kier molecular flexibility index (Phi) is 5.57. The summed E-state index contributed by atoms with van der Waals surface area (Å²) in [5, 5.41) is 4.27. The molecule has 0 bridgehead atoms. The summed E-state index contributed by atoms with van der Waals surface area (Å²) in [7, 11) is 0. The Morgan fingerprint density at radius 3 is 2.66 bits per heavy atom. The number of benzene rings is 1. The molecule has 0 spiro atoms. The van der Waals surface area contributed by atoms with Crippen LogP contribution in [0.1, 0.15) is 11.5 Å². The van der Waals surface area contributed by atoms with Gasteiger partial charge in [0.15, 0.2) is 0 Å². The molecular weight excluding hydrogens is 380 g/mol. The molecule has 3 heterocycles. The number of alkyl halides is 2. The quantitative estimate of drug-likeness (QED) is 0.629. The molecule has 0 N–H and O–H groups in total. The van der Waals surface area contributed by atoms with Gasteiger partial charge in [0.25, 0.3) is 12.0 Å². The monoisotopic (exact) mass is 403 g/mol. The minimum absolute atomic E-state index is 0.359. The highest BCUT2D eigenvalue weighted by Gasteiger charge is 2.18. The summed E-state index contributed by atoms with van der Waals surface area (Å²) < 4.78 is 31.4. The van der Waals surface area contributed by atoms with Crippen LogP contribution >= 0.6 is 0 Å². The zero-order valence-electron chi connectivity index (χ0n) is 16.2. The number of rotatable bonds is 6. The van der Waals surface area contributed by atoms with E-state index in [4.69, 9.17) is 4.52 Å². The van der Waals surface area contributed by atoms with Crippen molar-refractivity contribution in [2.75, 3.05) is 37.6 Å². The van der Waals surface area contributed by atoms with E-state index in [0.717, 1.165) is 60.9 Å². The number of halogens is 2. The molecule has 1 fully saturated rings. The molecule has 1 aliphatic heterocycles. The number of hydrogen-bond donors (Lipinski definition) is 0. The van der Waals surface area contributed by atoms with Crippen LogP contribution < -0.4 is 10.5 Å². The Morgan fingerprint density at radius 2 is 1.97 bits per heavy atom. The van der Waals surface area contributed by atoms with Gasteiger partial charge in [-0.3, -0.25) is 14.3 Å². The van der Waals surface area contributed by atoms with E-state index in [1.807, 2.05) is 25.1 Å². The highest BCUT2D eigenvalue weighted by atomic mass is 19.3. The predicted molar refractivity (Wildman–Crippen MR) is 106 cm³/mol. The first kappa shape index (κ1) is 19.5. The Morgan fingerprint density at radius 1 is 1.17 bits per heavy atom. The minimum atomic E-state index is -2.59. The lowest BCUT2D eigenvalue weighted by Crippen LogP contribution is -2.47. The summed E-state index contributed by atoms with van der Waals surface area (Å²) >= 11 is 0. The summed E-state index contributed by atoms with van der Waals surface area (Å²) in [6.45, 7) is 5.78. The summed E-state index contributed by atoms with van der Waals surface area (Å²) in [6, 6.07) is 7.37.